The van der Waals surface area contributed by atoms with Crippen molar-refractivity contribution in [2.75, 3.05) is 0 Å². The third kappa shape index (κ3) is 4.40. The van der Waals surface area contributed by atoms with E-state index < -0.39 is 4.92 Å². The van der Waals surface area contributed by atoms with Gasteiger partial charge in [0.25, 0.3) is 5.56 Å². The Balaban J connectivity index is 2.15. The van der Waals surface area contributed by atoms with Crippen molar-refractivity contribution in [3.05, 3.63) is 72.7 Å². The Morgan fingerprint density at radius 1 is 1.33 bits per heavy atom. The van der Waals surface area contributed by atoms with Gasteiger partial charge in [0.1, 0.15) is 5.82 Å². The van der Waals surface area contributed by atoms with Crippen LogP contribution >= 0.6 is 15.9 Å². The minimum atomic E-state index is -0.492. The number of benzene rings is 2. The van der Waals surface area contributed by atoms with Crippen LogP contribution in [0.15, 0.2) is 50.8 Å². The summed E-state index contributed by atoms with van der Waals surface area (Å²) in [5, 5.41) is 16.2. The highest BCUT2D eigenvalue weighted by Gasteiger charge is 2.20. The molecule has 3 aromatic rings. The second-order valence-electron chi connectivity index (χ2n) is 6.69. The van der Waals surface area contributed by atoms with Crippen molar-refractivity contribution in [2.45, 2.75) is 39.7 Å². The monoisotopic (exact) mass is 472 g/mol. The fourth-order valence-corrected chi connectivity index (χ4v) is 3.22. The zero-order chi connectivity index (χ0) is 21.8. The number of rotatable bonds is 7. The number of fused-ring (bicyclic) bond motifs is 1. The van der Waals surface area contributed by atoms with E-state index in [0.717, 1.165) is 4.47 Å². The zero-order valence-electron chi connectivity index (χ0n) is 16.8. The van der Waals surface area contributed by atoms with E-state index in [-0.39, 0.29) is 23.1 Å². The Morgan fingerprint density at radius 3 is 2.77 bits per heavy atom. The largest absolute Gasteiger partial charge is 0.483 e. The van der Waals surface area contributed by atoms with Gasteiger partial charge in [-0.15, -0.1) is 0 Å². The first-order valence-corrected chi connectivity index (χ1v) is 10.3. The summed E-state index contributed by atoms with van der Waals surface area (Å²) in [6.45, 7) is 5.64. The summed E-state index contributed by atoms with van der Waals surface area (Å²) >= 11 is 3.37. The fourth-order valence-electron chi connectivity index (χ4n) is 2.86. The molecule has 0 saturated carbocycles. The van der Waals surface area contributed by atoms with Crippen molar-refractivity contribution < 1.29 is 9.66 Å². The molecule has 156 valence electrons. The maximum Gasteiger partial charge on any atom is 0.311 e. The SMILES string of the molecule is CCc1nc2ccc(Br)cc2c(=O)n1N=Cc1cccc([N+](=O)[O-])c1O[C@H](C)CC. The van der Waals surface area contributed by atoms with E-state index >= 15 is 0 Å². The van der Waals surface area contributed by atoms with Crippen LogP contribution in [0.2, 0.25) is 0 Å². The minimum Gasteiger partial charge on any atom is -0.483 e. The number of ether oxygens (including phenoxy) is 1. The standard InChI is InChI=1S/C21H21BrN4O4/c1-4-13(3)30-20-14(7-6-8-18(20)26(28)29)12-23-25-19(5-2)24-17-10-9-15(22)11-16(17)21(25)27/h6-13H,4-5H2,1-3H3/t13-/m1/s1. The number of aromatic nitrogens is 2. The molecule has 0 unspecified atom stereocenters. The van der Waals surface area contributed by atoms with E-state index in [4.69, 9.17) is 4.74 Å². The van der Waals surface area contributed by atoms with Gasteiger partial charge in [-0.05, 0) is 37.6 Å². The highest BCUT2D eigenvalue weighted by atomic mass is 79.9. The molecule has 0 radical (unpaired) electrons. The lowest BCUT2D eigenvalue weighted by atomic mass is 10.2. The van der Waals surface area contributed by atoms with Gasteiger partial charge in [0.2, 0.25) is 5.75 Å². The first-order chi connectivity index (χ1) is 14.3. The van der Waals surface area contributed by atoms with Crippen molar-refractivity contribution in [3.63, 3.8) is 0 Å². The first-order valence-electron chi connectivity index (χ1n) is 9.55. The fraction of sp³-hybridized carbons (Fsp3) is 0.286. The van der Waals surface area contributed by atoms with Crippen molar-refractivity contribution in [3.8, 4) is 5.75 Å². The van der Waals surface area contributed by atoms with Crippen molar-refractivity contribution in [1.29, 1.82) is 0 Å². The number of halogens is 1. The first kappa shape index (κ1) is 21.6. The Bertz CT molecular complexity index is 1190. The van der Waals surface area contributed by atoms with Gasteiger partial charge < -0.3 is 4.74 Å². The molecule has 9 heteroatoms. The van der Waals surface area contributed by atoms with E-state index in [1.807, 2.05) is 26.8 Å². The molecule has 3 rings (SSSR count). The van der Waals surface area contributed by atoms with Gasteiger partial charge in [0.15, 0.2) is 0 Å². The molecule has 1 heterocycles. The van der Waals surface area contributed by atoms with Crippen LogP contribution in [-0.2, 0) is 6.42 Å². The summed E-state index contributed by atoms with van der Waals surface area (Å²) in [6, 6.07) is 9.89. The molecule has 0 fully saturated rings. The Morgan fingerprint density at radius 2 is 2.10 bits per heavy atom. The number of hydrogen-bond donors (Lipinski definition) is 0. The molecular formula is C21H21BrN4O4. The molecule has 30 heavy (non-hydrogen) atoms. The summed E-state index contributed by atoms with van der Waals surface area (Å²) in [5.74, 6) is 0.615. The van der Waals surface area contributed by atoms with Crippen molar-refractivity contribution in [2.24, 2.45) is 5.10 Å². The van der Waals surface area contributed by atoms with E-state index in [1.165, 1.54) is 17.0 Å². The topological polar surface area (TPSA) is 99.6 Å². The molecule has 8 nitrogen and oxygen atoms in total. The predicted octanol–water partition coefficient (Wildman–Crippen LogP) is 4.69. The summed E-state index contributed by atoms with van der Waals surface area (Å²) in [4.78, 5) is 28.5. The van der Waals surface area contributed by atoms with Gasteiger partial charge in [-0.3, -0.25) is 14.9 Å². The number of hydrogen-bond acceptors (Lipinski definition) is 6. The molecule has 0 aliphatic rings. The van der Waals surface area contributed by atoms with Crippen LogP contribution in [0.4, 0.5) is 5.69 Å². The van der Waals surface area contributed by atoms with Crippen LogP contribution in [-0.4, -0.2) is 26.9 Å². The second kappa shape index (κ2) is 9.17. The average molecular weight is 473 g/mol. The molecule has 0 saturated heterocycles. The molecule has 0 aliphatic carbocycles. The zero-order valence-corrected chi connectivity index (χ0v) is 18.4. The van der Waals surface area contributed by atoms with Crippen LogP contribution in [0.3, 0.4) is 0 Å². The highest BCUT2D eigenvalue weighted by molar-refractivity contribution is 9.10. The molecular weight excluding hydrogens is 452 g/mol. The van der Waals surface area contributed by atoms with Crippen molar-refractivity contribution in [1.82, 2.24) is 9.66 Å². The normalized spacial score (nSPS) is 12.4. The Kier molecular flexibility index (Phi) is 6.61. The summed E-state index contributed by atoms with van der Waals surface area (Å²) in [5.41, 5.74) is 0.530. The quantitative estimate of drug-likeness (QED) is 0.282. The molecule has 1 aromatic heterocycles. The number of nitro groups is 1. The van der Waals surface area contributed by atoms with Crippen LogP contribution in [0.25, 0.3) is 10.9 Å². The van der Waals surface area contributed by atoms with E-state index in [0.29, 0.717) is 35.1 Å². The summed E-state index contributed by atoms with van der Waals surface area (Å²) in [6.07, 6.45) is 2.36. The minimum absolute atomic E-state index is 0.128. The van der Waals surface area contributed by atoms with Crippen LogP contribution in [0, 0.1) is 10.1 Å². The third-order valence-electron chi connectivity index (χ3n) is 4.62. The van der Waals surface area contributed by atoms with Gasteiger partial charge in [-0.1, -0.05) is 35.8 Å². The predicted molar refractivity (Wildman–Crippen MR) is 120 cm³/mol. The third-order valence-corrected chi connectivity index (χ3v) is 5.11. The van der Waals surface area contributed by atoms with Crippen LogP contribution in [0.1, 0.15) is 38.6 Å². The lowest BCUT2D eigenvalue weighted by molar-refractivity contribution is -0.386. The summed E-state index contributed by atoms with van der Waals surface area (Å²) in [7, 11) is 0. The van der Waals surface area contributed by atoms with Gasteiger partial charge >= 0.3 is 5.69 Å². The maximum absolute atomic E-state index is 13.0. The molecule has 0 N–H and O–H groups in total. The number of nitro benzene ring substituents is 1. The van der Waals surface area contributed by atoms with Gasteiger partial charge in [0.05, 0.1) is 28.1 Å². The Labute approximate surface area is 181 Å². The van der Waals surface area contributed by atoms with E-state index in [9.17, 15) is 14.9 Å². The molecule has 0 bridgehead atoms. The number of aryl methyl sites for hydroxylation is 1. The molecule has 1 atom stereocenters. The lowest BCUT2D eigenvalue weighted by Crippen LogP contribution is -2.22. The van der Waals surface area contributed by atoms with Crippen LogP contribution in [0.5, 0.6) is 5.75 Å². The second-order valence-corrected chi connectivity index (χ2v) is 7.61. The van der Waals surface area contributed by atoms with Gasteiger partial charge in [-0.25, -0.2) is 4.98 Å². The van der Waals surface area contributed by atoms with Crippen LogP contribution < -0.4 is 10.3 Å². The molecule has 0 aliphatic heterocycles. The molecule has 0 spiro atoms. The maximum atomic E-state index is 13.0. The van der Waals surface area contributed by atoms with Gasteiger partial charge in [-0.2, -0.15) is 9.78 Å². The number of para-hydroxylation sites is 1. The highest BCUT2D eigenvalue weighted by Crippen LogP contribution is 2.31. The Hall–Kier alpha value is -3.07. The average Bonchev–Trinajstić information content (AvgIpc) is 2.73. The van der Waals surface area contributed by atoms with E-state index in [2.05, 4.69) is 26.0 Å². The lowest BCUT2D eigenvalue weighted by Gasteiger charge is -2.14. The summed E-state index contributed by atoms with van der Waals surface area (Å²) < 4.78 is 7.79. The van der Waals surface area contributed by atoms with Crippen molar-refractivity contribution >= 4 is 38.7 Å². The van der Waals surface area contributed by atoms with E-state index in [1.54, 1.807) is 24.3 Å². The number of nitrogens with zero attached hydrogens (tertiary/aromatic N) is 4. The van der Waals surface area contributed by atoms with Gasteiger partial charge in [0, 0.05) is 22.5 Å². The smallest absolute Gasteiger partial charge is 0.311 e. The molecule has 0 amide bonds. The molecule has 2 aromatic carbocycles.